The minimum atomic E-state index is -0.312. The van der Waals surface area contributed by atoms with Gasteiger partial charge in [0.05, 0.1) is 31.0 Å². The van der Waals surface area contributed by atoms with Gasteiger partial charge in [0.25, 0.3) is 5.56 Å². The number of likely N-dealkylation sites (tertiary alicyclic amines) is 1. The number of rotatable bonds is 4. The molecule has 0 aliphatic carbocycles. The lowest BCUT2D eigenvalue weighted by molar-refractivity contribution is -0.144. The molecular formula is C18H27N5O4. The minimum Gasteiger partial charge on any atom is -0.378 e. The van der Waals surface area contributed by atoms with Gasteiger partial charge in [-0.1, -0.05) is 0 Å². The smallest absolute Gasteiger partial charge is 0.269 e. The maximum atomic E-state index is 12.7. The van der Waals surface area contributed by atoms with Gasteiger partial charge in [0.15, 0.2) is 0 Å². The average Bonchev–Trinajstić information content (AvgIpc) is 2.69. The van der Waals surface area contributed by atoms with Crippen LogP contribution in [0, 0.1) is 5.92 Å². The van der Waals surface area contributed by atoms with Gasteiger partial charge in [-0.25, -0.2) is 4.68 Å². The number of ether oxygens (including phenoxy) is 1. The van der Waals surface area contributed by atoms with Crippen LogP contribution in [0.25, 0.3) is 0 Å². The third-order valence-corrected chi connectivity index (χ3v) is 5.10. The summed E-state index contributed by atoms with van der Waals surface area (Å²) >= 11 is 0. The molecule has 0 aromatic carbocycles. The Kier molecular flexibility index (Phi) is 6.10. The quantitative estimate of drug-likeness (QED) is 0.697. The van der Waals surface area contributed by atoms with Gasteiger partial charge in [-0.15, -0.1) is 0 Å². The van der Waals surface area contributed by atoms with Crippen molar-refractivity contribution in [2.75, 3.05) is 58.4 Å². The molecule has 2 aliphatic heterocycles. The highest BCUT2D eigenvalue weighted by atomic mass is 16.5. The predicted octanol–water partition coefficient (Wildman–Crippen LogP) is -0.593. The van der Waals surface area contributed by atoms with Gasteiger partial charge in [0.2, 0.25) is 11.8 Å². The Morgan fingerprint density at radius 2 is 1.96 bits per heavy atom. The molecule has 1 aromatic rings. The first-order valence-corrected chi connectivity index (χ1v) is 9.34. The van der Waals surface area contributed by atoms with E-state index in [2.05, 4.69) is 5.10 Å². The highest BCUT2D eigenvalue weighted by Crippen LogP contribution is 2.20. The summed E-state index contributed by atoms with van der Waals surface area (Å²) in [6.07, 6.45) is 3.14. The summed E-state index contributed by atoms with van der Waals surface area (Å²) < 4.78 is 6.47. The van der Waals surface area contributed by atoms with Crippen molar-refractivity contribution in [2.45, 2.75) is 19.4 Å². The van der Waals surface area contributed by atoms with Crippen LogP contribution in [-0.2, 0) is 20.9 Å². The molecule has 3 heterocycles. The van der Waals surface area contributed by atoms with Gasteiger partial charge in [0.1, 0.15) is 6.54 Å². The Morgan fingerprint density at radius 3 is 2.63 bits per heavy atom. The number of carbonyl (C=O) groups is 2. The molecule has 0 unspecified atom stereocenters. The average molecular weight is 377 g/mol. The molecule has 0 N–H and O–H groups in total. The number of nitrogens with zero attached hydrogens (tertiary/aromatic N) is 5. The fourth-order valence-corrected chi connectivity index (χ4v) is 3.46. The monoisotopic (exact) mass is 377 g/mol. The number of carbonyl (C=O) groups excluding carboxylic acids is 2. The number of anilines is 1. The first-order chi connectivity index (χ1) is 13.0. The summed E-state index contributed by atoms with van der Waals surface area (Å²) in [5.74, 6) is -0.260. The van der Waals surface area contributed by atoms with Crippen LogP contribution in [0.5, 0.6) is 0 Å². The molecule has 27 heavy (non-hydrogen) atoms. The van der Waals surface area contributed by atoms with E-state index in [1.165, 1.54) is 10.7 Å². The second-order valence-electron chi connectivity index (χ2n) is 7.22. The van der Waals surface area contributed by atoms with Gasteiger partial charge >= 0.3 is 0 Å². The lowest BCUT2D eigenvalue weighted by atomic mass is 9.96. The molecule has 9 heteroatoms. The van der Waals surface area contributed by atoms with Crippen LogP contribution in [0.2, 0.25) is 0 Å². The predicted molar refractivity (Wildman–Crippen MR) is 99.5 cm³/mol. The van der Waals surface area contributed by atoms with Crippen molar-refractivity contribution in [3.8, 4) is 0 Å². The van der Waals surface area contributed by atoms with E-state index in [9.17, 15) is 14.4 Å². The van der Waals surface area contributed by atoms with Crippen LogP contribution in [0.1, 0.15) is 12.8 Å². The number of aromatic nitrogens is 2. The van der Waals surface area contributed by atoms with E-state index >= 15 is 0 Å². The van der Waals surface area contributed by atoms with Crippen molar-refractivity contribution in [1.29, 1.82) is 0 Å². The van der Waals surface area contributed by atoms with Crippen molar-refractivity contribution in [3.63, 3.8) is 0 Å². The van der Waals surface area contributed by atoms with Crippen LogP contribution in [0.15, 0.2) is 17.1 Å². The molecule has 2 saturated heterocycles. The topological polar surface area (TPSA) is 88.0 Å². The summed E-state index contributed by atoms with van der Waals surface area (Å²) in [5, 5.41) is 4.09. The van der Waals surface area contributed by atoms with Gasteiger partial charge in [-0.2, -0.15) is 5.10 Å². The van der Waals surface area contributed by atoms with Crippen LogP contribution in [-0.4, -0.2) is 84.9 Å². The summed E-state index contributed by atoms with van der Waals surface area (Å²) in [7, 11) is 3.65. The zero-order valence-electron chi connectivity index (χ0n) is 16.0. The maximum absolute atomic E-state index is 12.7. The van der Waals surface area contributed by atoms with Crippen molar-refractivity contribution < 1.29 is 14.3 Å². The van der Waals surface area contributed by atoms with E-state index in [0.717, 1.165) is 12.8 Å². The summed E-state index contributed by atoms with van der Waals surface area (Å²) in [5.41, 5.74) is 0.380. The molecule has 0 spiro atoms. The lowest BCUT2D eigenvalue weighted by Crippen LogP contribution is -2.50. The van der Waals surface area contributed by atoms with Crippen LogP contribution >= 0.6 is 0 Å². The Hall–Kier alpha value is -2.42. The lowest BCUT2D eigenvalue weighted by Gasteiger charge is -2.36. The maximum Gasteiger partial charge on any atom is 0.269 e. The Balaban J connectivity index is 1.61. The summed E-state index contributed by atoms with van der Waals surface area (Å²) in [4.78, 5) is 42.8. The van der Waals surface area contributed by atoms with Crippen LogP contribution in [0.3, 0.4) is 0 Å². The molecule has 0 saturated carbocycles. The fraction of sp³-hybridized carbons (Fsp3) is 0.667. The van der Waals surface area contributed by atoms with E-state index in [4.69, 9.17) is 4.74 Å². The molecule has 148 valence electrons. The van der Waals surface area contributed by atoms with Gasteiger partial charge in [-0.05, 0) is 12.8 Å². The second-order valence-corrected chi connectivity index (χ2v) is 7.22. The number of hydrogen-bond acceptors (Lipinski definition) is 6. The molecule has 2 aliphatic rings. The highest BCUT2D eigenvalue weighted by molar-refractivity contribution is 5.81. The van der Waals surface area contributed by atoms with Gasteiger partial charge < -0.3 is 19.4 Å². The normalized spacial score (nSPS) is 20.4. The van der Waals surface area contributed by atoms with E-state index in [1.54, 1.807) is 16.0 Å². The van der Waals surface area contributed by atoms with E-state index in [1.807, 2.05) is 19.0 Å². The molecule has 0 radical (unpaired) electrons. The zero-order valence-corrected chi connectivity index (χ0v) is 16.0. The third-order valence-electron chi connectivity index (χ3n) is 5.10. The van der Waals surface area contributed by atoms with Crippen LogP contribution in [0.4, 0.5) is 5.69 Å². The van der Waals surface area contributed by atoms with Gasteiger partial charge in [0, 0.05) is 46.3 Å². The number of hydrogen-bond donors (Lipinski definition) is 0. The Bertz CT molecular complexity index is 742. The van der Waals surface area contributed by atoms with Crippen molar-refractivity contribution in [2.24, 2.45) is 5.92 Å². The summed E-state index contributed by atoms with van der Waals surface area (Å²) in [6.45, 7) is 3.26. The second kappa shape index (κ2) is 8.51. The third kappa shape index (κ3) is 4.65. The molecule has 1 atom stereocenters. The molecule has 1 aromatic heterocycles. The highest BCUT2D eigenvalue weighted by Gasteiger charge is 2.32. The van der Waals surface area contributed by atoms with Gasteiger partial charge in [-0.3, -0.25) is 14.4 Å². The largest absolute Gasteiger partial charge is 0.378 e. The van der Waals surface area contributed by atoms with Crippen molar-refractivity contribution in [1.82, 2.24) is 19.6 Å². The zero-order chi connectivity index (χ0) is 19.4. The van der Waals surface area contributed by atoms with Crippen molar-refractivity contribution in [3.05, 3.63) is 22.6 Å². The SMILES string of the molecule is CN(C)c1cnn(CC(=O)N2CCC[C@H](C(=O)N3CCOCC3)C2)c(=O)c1. The fourth-order valence-electron chi connectivity index (χ4n) is 3.46. The number of morpholine rings is 1. The molecule has 3 rings (SSSR count). The Morgan fingerprint density at radius 1 is 1.22 bits per heavy atom. The first-order valence-electron chi connectivity index (χ1n) is 9.34. The van der Waals surface area contributed by atoms with E-state index in [-0.39, 0.29) is 29.8 Å². The number of piperidine rings is 1. The van der Waals surface area contributed by atoms with E-state index in [0.29, 0.717) is 45.1 Å². The van der Waals surface area contributed by atoms with Crippen molar-refractivity contribution >= 4 is 17.5 Å². The molecule has 0 bridgehead atoms. The minimum absolute atomic E-state index is 0.0985. The summed E-state index contributed by atoms with van der Waals surface area (Å²) in [6, 6.07) is 1.46. The molecule has 2 amide bonds. The van der Waals surface area contributed by atoms with Crippen LogP contribution < -0.4 is 10.5 Å². The number of amides is 2. The Labute approximate surface area is 158 Å². The first kappa shape index (κ1) is 19.3. The molecular weight excluding hydrogens is 350 g/mol. The molecule has 2 fully saturated rings. The standard InChI is InChI=1S/C18H27N5O4/c1-20(2)15-10-16(24)23(19-11-15)13-17(25)22-5-3-4-14(12-22)18(26)21-6-8-27-9-7-21/h10-11,14H,3-9,12-13H2,1-2H3/t14-/m0/s1. The molecule has 9 nitrogen and oxygen atoms in total. The van der Waals surface area contributed by atoms with E-state index < -0.39 is 0 Å².